The molecule has 5 nitrogen and oxygen atoms in total. The van der Waals surface area contributed by atoms with E-state index in [2.05, 4.69) is 34.9 Å². The van der Waals surface area contributed by atoms with Gasteiger partial charge in [-0.05, 0) is 43.2 Å². The zero-order valence-electron chi connectivity index (χ0n) is 13.8. The molecule has 1 aliphatic carbocycles. The van der Waals surface area contributed by atoms with Crippen LogP contribution in [0, 0.1) is 5.92 Å². The van der Waals surface area contributed by atoms with Crippen LogP contribution in [0.4, 0.5) is 4.79 Å². The maximum absolute atomic E-state index is 11.8. The van der Waals surface area contributed by atoms with E-state index in [1.807, 2.05) is 6.92 Å². The van der Waals surface area contributed by atoms with E-state index in [0.717, 1.165) is 25.8 Å². The van der Waals surface area contributed by atoms with Gasteiger partial charge in [-0.25, -0.2) is 4.79 Å². The third-order valence-corrected chi connectivity index (χ3v) is 4.74. The topological polar surface area (TPSA) is 59.6 Å². The maximum atomic E-state index is 11.8. The van der Waals surface area contributed by atoms with Crippen LogP contribution in [0.15, 0.2) is 24.3 Å². The van der Waals surface area contributed by atoms with Crippen molar-refractivity contribution in [2.24, 2.45) is 5.92 Å². The van der Waals surface area contributed by atoms with Gasteiger partial charge in [-0.3, -0.25) is 0 Å². The van der Waals surface area contributed by atoms with Gasteiger partial charge < -0.3 is 20.1 Å². The van der Waals surface area contributed by atoms with Crippen molar-refractivity contribution in [3.63, 3.8) is 0 Å². The van der Waals surface area contributed by atoms with E-state index in [1.165, 1.54) is 11.1 Å². The van der Waals surface area contributed by atoms with Gasteiger partial charge in [-0.2, -0.15) is 0 Å². The third kappa shape index (κ3) is 4.45. The smallest absolute Gasteiger partial charge is 0.314 e. The first-order valence-electron chi connectivity index (χ1n) is 8.51. The number of fused-ring (bicyclic) bond motifs is 1. The predicted octanol–water partition coefficient (Wildman–Crippen LogP) is 2.24. The monoisotopic (exact) mass is 318 g/mol. The van der Waals surface area contributed by atoms with Gasteiger partial charge in [0.15, 0.2) is 5.79 Å². The lowest BCUT2D eigenvalue weighted by Gasteiger charge is -2.22. The second-order valence-corrected chi connectivity index (χ2v) is 6.60. The fourth-order valence-corrected chi connectivity index (χ4v) is 3.41. The Balaban J connectivity index is 1.28. The zero-order valence-corrected chi connectivity index (χ0v) is 13.8. The molecule has 1 aromatic rings. The summed E-state index contributed by atoms with van der Waals surface area (Å²) in [6, 6.07) is 8.52. The number of hydrogen-bond acceptors (Lipinski definition) is 3. The van der Waals surface area contributed by atoms with E-state index >= 15 is 0 Å². The molecule has 1 aliphatic heterocycles. The molecule has 23 heavy (non-hydrogen) atoms. The largest absolute Gasteiger partial charge is 0.348 e. The minimum Gasteiger partial charge on any atom is -0.348 e. The number of carbonyl (C=O) groups excluding carboxylic acids is 1. The summed E-state index contributed by atoms with van der Waals surface area (Å²) in [5, 5.41) is 5.81. The summed E-state index contributed by atoms with van der Waals surface area (Å²) >= 11 is 0. The lowest BCUT2D eigenvalue weighted by atomic mass is 10.0. The van der Waals surface area contributed by atoms with Gasteiger partial charge in [0.2, 0.25) is 0 Å². The van der Waals surface area contributed by atoms with E-state index < -0.39 is 5.79 Å². The van der Waals surface area contributed by atoms with Crippen molar-refractivity contribution in [1.29, 1.82) is 0 Å². The van der Waals surface area contributed by atoms with Gasteiger partial charge in [-0.1, -0.05) is 24.3 Å². The Morgan fingerprint density at radius 1 is 1.13 bits per heavy atom. The number of hydrogen-bond donors (Lipinski definition) is 2. The number of rotatable bonds is 6. The Bertz CT molecular complexity index is 516. The van der Waals surface area contributed by atoms with Crippen LogP contribution in [-0.2, 0) is 22.3 Å². The van der Waals surface area contributed by atoms with Crippen molar-refractivity contribution >= 4 is 6.03 Å². The highest BCUT2D eigenvalue weighted by Gasteiger charge is 2.30. The average Bonchev–Trinajstić information content (AvgIpc) is 3.13. The Morgan fingerprint density at radius 2 is 1.74 bits per heavy atom. The highest BCUT2D eigenvalue weighted by molar-refractivity contribution is 5.73. The summed E-state index contributed by atoms with van der Waals surface area (Å²) in [4.78, 5) is 11.8. The Kier molecular flexibility index (Phi) is 5.18. The fourth-order valence-electron chi connectivity index (χ4n) is 3.41. The van der Waals surface area contributed by atoms with E-state index in [0.29, 0.717) is 32.1 Å². The summed E-state index contributed by atoms with van der Waals surface area (Å²) in [7, 11) is 0. The molecule has 2 N–H and O–H groups in total. The van der Waals surface area contributed by atoms with E-state index in [1.54, 1.807) is 0 Å². The second-order valence-electron chi connectivity index (χ2n) is 6.60. The van der Waals surface area contributed by atoms with Crippen LogP contribution in [0.5, 0.6) is 0 Å². The lowest BCUT2D eigenvalue weighted by molar-refractivity contribution is -0.145. The van der Waals surface area contributed by atoms with Crippen LogP contribution in [0.3, 0.4) is 0 Å². The van der Waals surface area contributed by atoms with Crippen molar-refractivity contribution < 1.29 is 14.3 Å². The first-order valence-corrected chi connectivity index (χ1v) is 8.51. The summed E-state index contributed by atoms with van der Waals surface area (Å²) in [5.74, 6) is 0.106. The number of ether oxygens (including phenoxy) is 2. The van der Waals surface area contributed by atoms with E-state index in [-0.39, 0.29) is 6.03 Å². The second kappa shape index (κ2) is 7.32. The van der Waals surface area contributed by atoms with Crippen molar-refractivity contribution in [3.05, 3.63) is 35.4 Å². The first kappa shape index (κ1) is 16.3. The molecule has 0 aromatic heterocycles. The van der Waals surface area contributed by atoms with Crippen molar-refractivity contribution in [1.82, 2.24) is 10.6 Å². The van der Waals surface area contributed by atoms with Crippen molar-refractivity contribution in [2.75, 3.05) is 26.3 Å². The zero-order chi connectivity index (χ0) is 16.1. The standard InChI is InChI=1S/C18H26N2O3/c1-18(22-10-11-23-18)7-9-20-17(21)19-8-6-14-12-15-4-2-3-5-16(15)13-14/h2-5,14H,6-13H2,1H3,(H2,19,20,21). The van der Waals surface area contributed by atoms with Gasteiger partial charge >= 0.3 is 6.03 Å². The summed E-state index contributed by atoms with van der Waals surface area (Å²) in [6.07, 6.45) is 3.95. The quantitative estimate of drug-likeness (QED) is 0.846. The molecular weight excluding hydrogens is 292 g/mol. The molecular formula is C18H26N2O3. The van der Waals surface area contributed by atoms with E-state index in [9.17, 15) is 4.79 Å². The molecule has 0 bridgehead atoms. The highest BCUT2D eigenvalue weighted by atomic mass is 16.7. The molecule has 5 heteroatoms. The Hall–Kier alpha value is -1.59. The fraction of sp³-hybridized carbons (Fsp3) is 0.611. The van der Waals surface area contributed by atoms with Crippen LogP contribution in [0.25, 0.3) is 0 Å². The van der Waals surface area contributed by atoms with Crippen LogP contribution in [0.1, 0.15) is 30.9 Å². The van der Waals surface area contributed by atoms with Gasteiger partial charge in [0, 0.05) is 19.5 Å². The number of benzene rings is 1. The van der Waals surface area contributed by atoms with E-state index in [4.69, 9.17) is 9.47 Å². The van der Waals surface area contributed by atoms with Crippen molar-refractivity contribution in [2.45, 2.75) is 38.4 Å². The molecule has 2 aliphatic rings. The molecule has 1 heterocycles. The molecule has 1 aromatic carbocycles. The molecule has 0 saturated carbocycles. The van der Waals surface area contributed by atoms with Gasteiger partial charge in [0.1, 0.15) is 0 Å². The molecule has 0 atom stereocenters. The minimum absolute atomic E-state index is 0.109. The SMILES string of the molecule is CC1(CCNC(=O)NCCC2Cc3ccccc3C2)OCCO1. The lowest BCUT2D eigenvalue weighted by Crippen LogP contribution is -2.39. The van der Waals surface area contributed by atoms with Crippen LogP contribution >= 0.6 is 0 Å². The molecule has 0 spiro atoms. The molecule has 1 saturated heterocycles. The number of urea groups is 1. The van der Waals surface area contributed by atoms with Gasteiger partial charge in [-0.15, -0.1) is 0 Å². The normalized spacial score (nSPS) is 19.5. The Labute approximate surface area is 137 Å². The first-order chi connectivity index (χ1) is 11.1. The summed E-state index contributed by atoms with van der Waals surface area (Å²) in [6.45, 7) is 4.45. The highest BCUT2D eigenvalue weighted by Crippen LogP contribution is 2.28. The maximum Gasteiger partial charge on any atom is 0.314 e. The molecule has 1 fully saturated rings. The number of nitrogens with one attached hydrogen (secondary N) is 2. The van der Waals surface area contributed by atoms with Crippen LogP contribution in [-0.4, -0.2) is 38.1 Å². The molecule has 3 rings (SSSR count). The number of carbonyl (C=O) groups is 1. The summed E-state index contributed by atoms with van der Waals surface area (Å²) < 4.78 is 11.0. The molecule has 0 radical (unpaired) electrons. The third-order valence-electron chi connectivity index (χ3n) is 4.74. The molecule has 0 unspecified atom stereocenters. The predicted molar refractivity (Wildman–Crippen MR) is 88.3 cm³/mol. The summed E-state index contributed by atoms with van der Waals surface area (Å²) in [5.41, 5.74) is 2.93. The van der Waals surface area contributed by atoms with Gasteiger partial charge in [0.05, 0.1) is 13.2 Å². The van der Waals surface area contributed by atoms with Crippen molar-refractivity contribution in [3.8, 4) is 0 Å². The number of amides is 2. The average molecular weight is 318 g/mol. The van der Waals surface area contributed by atoms with Crippen LogP contribution in [0.2, 0.25) is 0 Å². The minimum atomic E-state index is -0.539. The Morgan fingerprint density at radius 3 is 2.39 bits per heavy atom. The van der Waals surface area contributed by atoms with Gasteiger partial charge in [0.25, 0.3) is 0 Å². The molecule has 126 valence electrons. The van der Waals surface area contributed by atoms with Crippen LogP contribution < -0.4 is 10.6 Å². The molecule has 2 amide bonds.